The van der Waals surface area contributed by atoms with Crippen molar-refractivity contribution >= 4 is 11.8 Å². The third-order valence-corrected chi connectivity index (χ3v) is 3.36. The number of aromatic nitrogens is 3. The van der Waals surface area contributed by atoms with E-state index in [1.165, 1.54) is 0 Å². The van der Waals surface area contributed by atoms with Gasteiger partial charge in [-0.1, -0.05) is 13.8 Å². The van der Waals surface area contributed by atoms with Gasteiger partial charge in [0.15, 0.2) is 0 Å². The largest absolute Gasteiger partial charge is 0.394 e. The molecular weight excluding hydrogens is 278 g/mol. The number of aliphatic hydroxyl groups excluding tert-OH is 1. The molecule has 0 saturated heterocycles. The maximum absolute atomic E-state index is 9.47. The highest BCUT2D eigenvalue weighted by molar-refractivity contribution is 5.63. The van der Waals surface area contributed by atoms with E-state index in [2.05, 4.69) is 25.6 Å². The van der Waals surface area contributed by atoms with Gasteiger partial charge in [0.2, 0.25) is 5.95 Å². The van der Waals surface area contributed by atoms with Gasteiger partial charge in [-0.25, -0.2) is 4.98 Å². The fourth-order valence-corrected chi connectivity index (χ4v) is 2.03. The van der Waals surface area contributed by atoms with Gasteiger partial charge in [0.25, 0.3) is 0 Å². The van der Waals surface area contributed by atoms with Gasteiger partial charge in [-0.2, -0.15) is 4.98 Å². The van der Waals surface area contributed by atoms with Crippen LogP contribution >= 0.6 is 0 Å². The van der Waals surface area contributed by atoms with Crippen LogP contribution in [0.5, 0.6) is 0 Å². The van der Waals surface area contributed by atoms with Gasteiger partial charge in [-0.05, 0) is 25.0 Å². The predicted molar refractivity (Wildman–Crippen MR) is 88.8 cm³/mol. The molecule has 0 saturated carbocycles. The molecule has 6 heteroatoms. The van der Waals surface area contributed by atoms with E-state index in [1.807, 2.05) is 39.0 Å². The number of pyridine rings is 1. The molecule has 3 N–H and O–H groups in total. The number of aliphatic hydroxyl groups is 1. The van der Waals surface area contributed by atoms with Crippen LogP contribution in [0.4, 0.5) is 11.8 Å². The highest BCUT2D eigenvalue weighted by Gasteiger charge is 2.14. The van der Waals surface area contributed by atoms with Crippen LogP contribution in [0.1, 0.15) is 20.8 Å². The summed E-state index contributed by atoms with van der Waals surface area (Å²) in [5.74, 6) is 1.53. The maximum Gasteiger partial charge on any atom is 0.225 e. The summed E-state index contributed by atoms with van der Waals surface area (Å²) in [5, 5.41) is 15.9. The zero-order valence-electron chi connectivity index (χ0n) is 13.2. The van der Waals surface area contributed by atoms with Crippen molar-refractivity contribution in [2.75, 3.05) is 23.8 Å². The van der Waals surface area contributed by atoms with Crippen molar-refractivity contribution in [1.29, 1.82) is 0 Å². The van der Waals surface area contributed by atoms with Crippen LogP contribution in [0.3, 0.4) is 0 Å². The first-order valence-electron chi connectivity index (χ1n) is 7.54. The van der Waals surface area contributed by atoms with Crippen molar-refractivity contribution in [3.8, 4) is 11.3 Å². The van der Waals surface area contributed by atoms with Crippen LogP contribution < -0.4 is 10.6 Å². The first-order valence-corrected chi connectivity index (χ1v) is 7.54. The minimum Gasteiger partial charge on any atom is -0.394 e. The first kappa shape index (κ1) is 16.2. The summed E-state index contributed by atoms with van der Waals surface area (Å²) in [7, 11) is 0. The van der Waals surface area contributed by atoms with Crippen molar-refractivity contribution in [3.05, 3.63) is 30.6 Å². The number of nitrogens with zero attached hydrogens (tertiary/aromatic N) is 3. The van der Waals surface area contributed by atoms with Gasteiger partial charge >= 0.3 is 0 Å². The normalized spacial score (nSPS) is 12.2. The fourth-order valence-electron chi connectivity index (χ4n) is 2.03. The Balaban J connectivity index is 2.35. The molecule has 0 fully saturated rings. The van der Waals surface area contributed by atoms with E-state index in [0.29, 0.717) is 5.95 Å². The number of hydrogen-bond donors (Lipinski definition) is 3. The molecule has 0 radical (unpaired) electrons. The topological polar surface area (TPSA) is 83.0 Å². The summed E-state index contributed by atoms with van der Waals surface area (Å²) in [6.07, 6.45) is 3.50. The lowest BCUT2D eigenvalue weighted by Crippen LogP contribution is -2.30. The molecule has 0 aromatic carbocycles. The second kappa shape index (κ2) is 7.70. The molecule has 0 aliphatic heterocycles. The van der Waals surface area contributed by atoms with E-state index in [1.54, 1.807) is 12.4 Å². The Bertz CT molecular complexity index is 588. The Labute approximate surface area is 131 Å². The summed E-state index contributed by atoms with van der Waals surface area (Å²) < 4.78 is 0. The highest BCUT2D eigenvalue weighted by Crippen LogP contribution is 2.21. The van der Waals surface area contributed by atoms with Crippen LogP contribution in [-0.2, 0) is 0 Å². The second-order valence-corrected chi connectivity index (χ2v) is 5.41. The van der Waals surface area contributed by atoms with Crippen LogP contribution in [-0.4, -0.2) is 39.3 Å². The Morgan fingerprint density at radius 1 is 1.27 bits per heavy atom. The number of rotatable bonds is 7. The standard InChI is InChI=1S/C16H23N5O/c1-4-18-15-8-13(12-6-5-7-17-9-12)19-16(21-15)20-14(10-22)11(2)3/h5-9,11,14,22H,4,10H2,1-3H3,(H2,18,19,20,21)/t14-/m1/s1. The van der Waals surface area contributed by atoms with Gasteiger partial charge in [0, 0.05) is 30.6 Å². The highest BCUT2D eigenvalue weighted by atomic mass is 16.3. The molecule has 2 aromatic rings. The lowest BCUT2D eigenvalue weighted by molar-refractivity contribution is 0.248. The van der Waals surface area contributed by atoms with Gasteiger partial charge in [-0.15, -0.1) is 0 Å². The Kier molecular flexibility index (Phi) is 5.66. The van der Waals surface area contributed by atoms with E-state index in [4.69, 9.17) is 0 Å². The molecule has 2 rings (SSSR count). The summed E-state index contributed by atoms with van der Waals surface area (Å²) in [5.41, 5.74) is 1.72. The van der Waals surface area contributed by atoms with Crippen molar-refractivity contribution < 1.29 is 5.11 Å². The minimum atomic E-state index is -0.0846. The molecule has 0 bridgehead atoms. The fraction of sp³-hybridized carbons (Fsp3) is 0.438. The zero-order chi connectivity index (χ0) is 15.9. The van der Waals surface area contributed by atoms with Gasteiger partial charge < -0.3 is 15.7 Å². The molecule has 0 aliphatic rings. The Morgan fingerprint density at radius 2 is 2.09 bits per heavy atom. The maximum atomic E-state index is 9.47. The van der Waals surface area contributed by atoms with Gasteiger partial charge in [0.05, 0.1) is 18.3 Å². The summed E-state index contributed by atoms with van der Waals surface area (Å²) >= 11 is 0. The van der Waals surface area contributed by atoms with E-state index >= 15 is 0 Å². The predicted octanol–water partition coefficient (Wildman–Crippen LogP) is 2.40. The van der Waals surface area contributed by atoms with Crippen molar-refractivity contribution in [2.45, 2.75) is 26.8 Å². The molecule has 22 heavy (non-hydrogen) atoms. The minimum absolute atomic E-state index is 0.0364. The quantitative estimate of drug-likeness (QED) is 0.728. The summed E-state index contributed by atoms with van der Waals surface area (Å²) in [6.45, 7) is 6.92. The van der Waals surface area contributed by atoms with Crippen LogP contribution in [0.25, 0.3) is 11.3 Å². The van der Waals surface area contributed by atoms with Crippen molar-refractivity contribution in [3.63, 3.8) is 0 Å². The molecule has 0 spiro atoms. The first-order chi connectivity index (χ1) is 10.6. The van der Waals surface area contributed by atoms with Crippen LogP contribution in [0, 0.1) is 5.92 Å². The lowest BCUT2D eigenvalue weighted by atomic mass is 10.1. The summed E-state index contributed by atoms with van der Waals surface area (Å²) in [6, 6.07) is 5.65. The van der Waals surface area contributed by atoms with Gasteiger partial charge in [-0.3, -0.25) is 4.98 Å². The molecule has 0 aliphatic carbocycles. The molecule has 1 atom stereocenters. The SMILES string of the molecule is CCNc1cc(-c2cccnc2)nc(N[C@H](CO)C(C)C)n1. The molecule has 2 aromatic heterocycles. The lowest BCUT2D eigenvalue weighted by Gasteiger charge is -2.20. The van der Waals surface area contributed by atoms with Gasteiger partial charge in [0.1, 0.15) is 5.82 Å². The number of nitrogens with one attached hydrogen (secondary N) is 2. The van der Waals surface area contributed by atoms with Crippen LogP contribution in [0.2, 0.25) is 0 Å². The monoisotopic (exact) mass is 301 g/mol. The smallest absolute Gasteiger partial charge is 0.225 e. The zero-order valence-corrected chi connectivity index (χ0v) is 13.2. The molecule has 118 valence electrons. The average Bonchev–Trinajstić information content (AvgIpc) is 2.53. The molecule has 6 nitrogen and oxygen atoms in total. The van der Waals surface area contributed by atoms with E-state index in [0.717, 1.165) is 23.6 Å². The van der Waals surface area contributed by atoms with Crippen molar-refractivity contribution in [1.82, 2.24) is 15.0 Å². The third-order valence-electron chi connectivity index (χ3n) is 3.36. The molecule has 0 unspecified atom stereocenters. The molecule has 0 amide bonds. The van der Waals surface area contributed by atoms with E-state index < -0.39 is 0 Å². The molecule has 2 heterocycles. The number of anilines is 2. The van der Waals surface area contributed by atoms with Crippen molar-refractivity contribution in [2.24, 2.45) is 5.92 Å². The average molecular weight is 301 g/mol. The Morgan fingerprint density at radius 3 is 2.68 bits per heavy atom. The molecular formula is C16H23N5O. The second-order valence-electron chi connectivity index (χ2n) is 5.41. The summed E-state index contributed by atoms with van der Waals surface area (Å²) in [4.78, 5) is 13.1. The van der Waals surface area contributed by atoms with E-state index in [9.17, 15) is 5.11 Å². The third kappa shape index (κ3) is 4.14. The van der Waals surface area contributed by atoms with E-state index in [-0.39, 0.29) is 18.6 Å². The Hall–Kier alpha value is -2.21. The van der Waals surface area contributed by atoms with Crippen LogP contribution in [0.15, 0.2) is 30.6 Å². The number of hydrogen-bond acceptors (Lipinski definition) is 6.